The highest BCUT2D eigenvalue weighted by Crippen LogP contribution is 2.13. The molecule has 1 aromatic heterocycles. The van der Waals surface area contributed by atoms with Crippen molar-refractivity contribution in [1.82, 2.24) is 15.1 Å². The molecule has 0 fully saturated rings. The molecule has 0 aliphatic heterocycles. The summed E-state index contributed by atoms with van der Waals surface area (Å²) in [5.41, 5.74) is 2.39. The fraction of sp³-hybridized carbons (Fsp3) is 0.474. The van der Waals surface area contributed by atoms with Gasteiger partial charge in [0.25, 0.3) is 0 Å². The monoisotopic (exact) mass is 329 g/mol. The van der Waals surface area contributed by atoms with Crippen molar-refractivity contribution >= 4 is 5.97 Å². The molecule has 5 heteroatoms. The van der Waals surface area contributed by atoms with E-state index in [-0.39, 0.29) is 5.97 Å². The van der Waals surface area contributed by atoms with Gasteiger partial charge in [0.05, 0.1) is 11.3 Å². The van der Waals surface area contributed by atoms with Crippen LogP contribution in [0.15, 0.2) is 36.5 Å². The summed E-state index contributed by atoms with van der Waals surface area (Å²) in [4.78, 5) is 12.0. The zero-order valence-corrected chi connectivity index (χ0v) is 15.2. The molecule has 0 aliphatic rings. The minimum atomic E-state index is -0.476. The number of carbonyl (C=O) groups excluding carboxylic acids is 1. The van der Waals surface area contributed by atoms with E-state index < -0.39 is 5.60 Å². The summed E-state index contributed by atoms with van der Waals surface area (Å²) >= 11 is 0. The summed E-state index contributed by atoms with van der Waals surface area (Å²) in [5.74, 6) is -0.289. The summed E-state index contributed by atoms with van der Waals surface area (Å²) in [7, 11) is 0. The molecule has 0 saturated heterocycles. The van der Waals surface area contributed by atoms with E-state index in [1.165, 1.54) is 0 Å². The first-order valence-corrected chi connectivity index (χ1v) is 8.31. The maximum absolute atomic E-state index is 12.0. The summed E-state index contributed by atoms with van der Waals surface area (Å²) in [5, 5.41) is 7.74. The van der Waals surface area contributed by atoms with E-state index in [1.807, 2.05) is 62.0 Å². The fourth-order valence-electron chi connectivity index (χ4n) is 2.38. The summed E-state index contributed by atoms with van der Waals surface area (Å²) in [6, 6.07) is 9.90. The lowest BCUT2D eigenvalue weighted by molar-refractivity contribution is 0.00695. The number of hydrogen-bond acceptors (Lipinski definition) is 4. The second kappa shape index (κ2) is 7.62. The fourth-order valence-corrected chi connectivity index (χ4v) is 2.38. The van der Waals surface area contributed by atoms with Crippen molar-refractivity contribution < 1.29 is 9.53 Å². The van der Waals surface area contributed by atoms with Gasteiger partial charge in [-0.05, 0) is 58.4 Å². The van der Waals surface area contributed by atoms with Crippen LogP contribution in [0.3, 0.4) is 0 Å². The second-order valence-electron chi connectivity index (χ2n) is 7.16. The third-order valence-corrected chi connectivity index (χ3v) is 3.47. The smallest absolute Gasteiger partial charge is 0.338 e. The average Bonchev–Trinajstić information content (AvgIpc) is 2.95. The van der Waals surface area contributed by atoms with Crippen LogP contribution in [0.25, 0.3) is 0 Å². The van der Waals surface area contributed by atoms with Crippen molar-refractivity contribution in [3.63, 3.8) is 0 Å². The highest BCUT2D eigenvalue weighted by molar-refractivity contribution is 5.89. The number of aromatic nitrogens is 2. The number of nitrogens with one attached hydrogen (secondary N) is 1. The van der Waals surface area contributed by atoms with Gasteiger partial charge >= 0.3 is 5.97 Å². The van der Waals surface area contributed by atoms with E-state index in [9.17, 15) is 4.79 Å². The van der Waals surface area contributed by atoms with Crippen molar-refractivity contribution in [2.24, 2.45) is 0 Å². The Labute approximate surface area is 144 Å². The molecule has 0 radical (unpaired) electrons. The van der Waals surface area contributed by atoms with Crippen LogP contribution >= 0.6 is 0 Å². The van der Waals surface area contributed by atoms with E-state index in [2.05, 4.69) is 24.3 Å². The van der Waals surface area contributed by atoms with Crippen molar-refractivity contribution in [2.45, 2.75) is 59.4 Å². The van der Waals surface area contributed by atoms with Crippen molar-refractivity contribution in [3.05, 3.63) is 53.3 Å². The maximum atomic E-state index is 12.0. The van der Waals surface area contributed by atoms with Crippen molar-refractivity contribution in [3.8, 4) is 0 Å². The summed E-state index contributed by atoms with van der Waals surface area (Å²) in [6.07, 6.45) is 1.83. The molecule has 5 nitrogen and oxygen atoms in total. The van der Waals surface area contributed by atoms with Gasteiger partial charge in [0.1, 0.15) is 5.60 Å². The zero-order chi connectivity index (χ0) is 17.7. The Hall–Kier alpha value is -2.14. The lowest BCUT2D eigenvalue weighted by Gasteiger charge is -2.19. The molecule has 0 amide bonds. The Morgan fingerprint density at radius 2 is 1.83 bits per heavy atom. The van der Waals surface area contributed by atoms with E-state index in [4.69, 9.17) is 4.74 Å². The Morgan fingerprint density at radius 1 is 1.17 bits per heavy atom. The number of rotatable bonds is 6. The summed E-state index contributed by atoms with van der Waals surface area (Å²) < 4.78 is 7.38. The van der Waals surface area contributed by atoms with Crippen LogP contribution in [0.2, 0.25) is 0 Å². The molecular formula is C19H27N3O2. The van der Waals surface area contributed by atoms with Gasteiger partial charge in [-0.1, -0.05) is 12.1 Å². The molecule has 2 rings (SSSR count). The molecule has 0 atom stereocenters. The van der Waals surface area contributed by atoms with E-state index in [0.29, 0.717) is 11.6 Å². The molecule has 0 saturated carbocycles. The quantitative estimate of drug-likeness (QED) is 0.821. The predicted octanol–water partition coefficient (Wildman–Crippen LogP) is 3.71. The van der Waals surface area contributed by atoms with Crippen molar-refractivity contribution in [1.29, 1.82) is 0 Å². The Kier molecular flexibility index (Phi) is 5.78. The van der Waals surface area contributed by atoms with Crippen LogP contribution in [0.4, 0.5) is 0 Å². The Morgan fingerprint density at radius 3 is 2.42 bits per heavy atom. The number of carbonyl (C=O) groups is 1. The van der Waals surface area contributed by atoms with Crippen LogP contribution in [0, 0.1) is 0 Å². The number of ether oxygens (including phenoxy) is 1. The number of hydrogen-bond donors (Lipinski definition) is 1. The number of benzene rings is 1. The van der Waals surface area contributed by atoms with Gasteiger partial charge in [-0.3, -0.25) is 4.68 Å². The second-order valence-corrected chi connectivity index (χ2v) is 7.16. The molecule has 1 N–H and O–H groups in total. The highest BCUT2D eigenvalue weighted by atomic mass is 16.6. The average molecular weight is 329 g/mol. The van der Waals surface area contributed by atoms with E-state index >= 15 is 0 Å². The van der Waals surface area contributed by atoms with E-state index in [0.717, 1.165) is 24.3 Å². The first-order chi connectivity index (χ1) is 11.3. The maximum Gasteiger partial charge on any atom is 0.338 e. The van der Waals surface area contributed by atoms with Crippen LogP contribution in [0.1, 0.15) is 62.3 Å². The van der Waals surface area contributed by atoms with Gasteiger partial charge in [-0.25, -0.2) is 4.79 Å². The molecule has 0 bridgehead atoms. The third-order valence-electron chi connectivity index (χ3n) is 3.47. The largest absolute Gasteiger partial charge is 0.456 e. The van der Waals surface area contributed by atoms with Gasteiger partial charge in [0, 0.05) is 25.3 Å². The lowest BCUT2D eigenvalue weighted by atomic mass is 10.1. The van der Waals surface area contributed by atoms with E-state index in [1.54, 1.807) is 0 Å². The zero-order valence-electron chi connectivity index (χ0n) is 15.2. The first kappa shape index (κ1) is 18.2. The van der Waals surface area contributed by atoms with Crippen LogP contribution < -0.4 is 5.32 Å². The SMILES string of the molecule is CC(C)n1nccc1CNCc1ccc(C(=O)OC(C)(C)C)cc1. The minimum absolute atomic E-state index is 0.289. The Bertz CT molecular complexity index is 667. The molecule has 0 spiro atoms. The topological polar surface area (TPSA) is 56.2 Å². The van der Waals surface area contributed by atoms with Crippen LogP contribution in [-0.4, -0.2) is 21.4 Å². The van der Waals surface area contributed by atoms with Gasteiger partial charge in [0.15, 0.2) is 0 Å². The standard InChI is InChI=1S/C19H27N3O2/c1-14(2)22-17(10-11-21-22)13-20-12-15-6-8-16(9-7-15)18(23)24-19(3,4)5/h6-11,14,20H,12-13H2,1-5H3. The molecule has 1 aromatic carbocycles. The van der Waals surface area contributed by atoms with Crippen LogP contribution in [-0.2, 0) is 17.8 Å². The van der Waals surface area contributed by atoms with Crippen molar-refractivity contribution in [2.75, 3.05) is 0 Å². The summed E-state index contributed by atoms with van der Waals surface area (Å²) in [6.45, 7) is 11.3. The van der Waals surface area contributed by atoms with Gasteiger partial charge in [-0.15, -0.1) is 0 Å². The molecule has 0 aliphatic carbocycles. The molecule has 0 unspecified atom stereocenters. The molecule has 1 heterocycles. The first-order valence-electron chi connectivity index (χ1n) is 8.31. The minimum Gasteiger partial charge on any atom is -0.456 e. The molecule has 2 aromatic rings. The third kappa shape index (κ3) is 5.20. The van der Waals surface area contributed by atoms with Gasteiger partial charge in [-0.2, -0.15) is 5.10 Å². The number of esters is 1. The molecule has 130 valence electrons. The lowest BCUT2D eigenvalue weighted by Crippen LogP contribution is -2.23. The van der Waals surface area contributed by atoms with Crippen LogP contribution in [0.5, 0.6) is 0 Å². The molecular weight excluding hydrogens is 302 g/mol. The normalized spacial score (nSPS) is 11.8. The predicted molar refractivity (Wildman–Crippen MR) is 94.8 cm³/mol. The van der Waals surface area contributed by atoms with Gasteiger partial charge < -0.3 is 10.1 Å². The highest BCUT2D eigenvalue weighted by Gasteiger charge is 2.17. The molecule has 24 heavy (non-hydrogen) atoms. The number of nitrogens with zero attached hydrogens (tertiary/aromatic N) is 2. The van der Waals surface area contributed by atoms with Gasteiger partial charge in [0.2, 0.25) is 0 Å². The Balaban J connectivity index is 1.88.